The molecule has 0 unspecified atom stereocenters. The van der Waals surface area contributed by atoms with E-state index in [0.29, 0.717) is 18.1 Å². The zero-order valence-corrected chi connectivity index (χ0v) is 12.6. The van der Waals surface area contributed by atoms with Crippen LogP contribution in [0, 0.1) is 0 Å². The van der Waals surface area contributed by atoms with E-state index in [1.54, 1.807) is 0 Å². The van der Waals surface area contributed by atoms with Crippen LogP contribution in [0.15, 0.2) is 0 Å². The summed E-state index contributed by atoms with van der Waals surface area (Å²) in [7, 11) is 0. The predicted octanol–water partition coefficient (Wildman–Crippen LogP) is 1.29. The van der Waals surface area contributed by atoms with Gasteiger partial charge in [-0.1, -0.05) is 0 Å². The summed E-state index contributed by atoms with van der Waals surface area (Å²) in [4.78, 5) is 2.64. The van der Waals surface area contributed by atoms with E-state index in [9.17, 15) is 0 Å². The fraction of sp³-hybridized carbons (Fsp3) is 1.00. The second-order valence-corrected chi connectivity index (χ2v) is 7.77. The van der Waals surface area contributed by atoms with Gasteiger partial charge in [0.2, 0.25) is 0 Å². The molecular weight excluding hydrogens is 264 g/mol. The van der Waals surface area contributed by atoms with Crippen molar-refractivity contribution in [2.75, 3.05) is 49.3 Å². The lowest BCUT2D eigenvalue weighted by Gasteiger charge is -2.30. The Morgan fingerprint density at radius 2 is 1.72 bits per heavy atom. The summed E-state index contributed by atoms with van der Waals surface area (Å²) in [6.07, 6.45) is 2.75. The van der Waals surface area contributed by atoms with Crippen LogP contribution in [0.25, 0.3) is 0 Å². The normalized spacial score (nSPS) is 36.0. The number of hydrogen-bond donors (Lipinski definition) is 1. The van der Waals surface area contributed by atoms with E-state index in [0.717, 1.165) is 13.2 Å². The van der Waals surface area contributed by atoms with Crippen molar-refractivity contribution in [3.63, 3.8) is 0 Å². The lowest BCUT2D eigenvalue weighted by atomic mass is 10.1. The van der Waals surface area contributed by atoms with Gasteiger partial charge < -0.3 is 10.1 Å². The van der Waals surface area contributed by atoms with Crippen LogP contribution in [-0.2, 0) is 4.74 Å². The first-order chi connectivity index (χ1) is 8.93. The van der Waals surface area contributed by atoms with Crippen molar-refractivity contribution in [1.82, 2.24) is 10.2 Å². The molecule has 3 heterocycles. The summed E-state index contributed by atoms with van der Waals surface area (Å²) < 4.78 is 5.74. The van der Waals surface area contributed by atoms with Gasteiger partial charge in [-0.15, -0.1) is 0 Å². The molecule has 0 spiro atoms. The summed E-state index contributed by atoms with van der Waals surface area (Å²) in [6.45, 7) is 4.40. The number of likely N-dealkylation sites (tertiary alicyclic amines) is 1. The van der Waals surface area contributed by atoms with Gasteiger partial charge in [0.05, 0.1) is 19.3 Å². The van der Waals surface area contributed by atoms with Crippen LogP contribution in [0.5, 0.6) is 0 Å². The summed E-state index contributed by atoms with van der Waals surface area (Å²) in [6, 6.07) is 1.87. The van der Waals surface area contributed by atoms with Crippen molar-refractivity contribution in [3.05, 3.63) is 0 Å². The second-order valence-electron chi connectivity index (χ2n) is 5.47. The quantitative estimate of drug-likeness (QED) is 0.844. The van der Waals surface area contributed by atoms with Gasteiger partial charge in [-0.05, 0) is 25.9 Å². The first kappa shape index (κ1) is 13.6. The lowest BCUT2D eigenvalue weighted by Crippen LogP contribution is -2.52. The molecule has 0 aliphatic carbocycles. The summed E-state index contributed by atoms with van der Waals surface area (Å²) in [5.41, 5.74) is 0. The van der Waals surface area contributed by atoms with Crippen LogP contribution in [0.2, 0.25) is 0 Å². The predicted molar refractivity (Wildman–Crippen MR) is 80.8 cm³/mol. The van der Waals surface area contributed by atoms with E-state index in [4.69, 9.17) is 4.74 Å². The lowest BCUT2D eigenvalue weighted by molar-refractivity contribution is 0.159. The number of ether oxygens (including phenoxy) is 1. The number of nitrogens with zero attached hydrogens (tertiary/aromatic N) is 1. The van der Waals surface area contributed by atoms with Gasteiger partial charge >= 0.3 is 0 Å². The topological polar surface area (TPSA) is 24.5 Å². The summed E-state index contributed by atoms with van der Waals surface area (Å²) >= 11 is 4.21. The molecule has 5 heteroatoms. The molecule has 3 aliphatic heterocycles. The van der Waals surface area contributed by atoms with Crippen LogP contribution in [0.1, 0.15) is 12.8 Å². The molecule has 0 amide bonds. The Kier molecular flexibility index (Phi) is 5.15. The molecule has 3 rings (SSSR count). The van der Waals surface area contributed by atoms with Gasteiger partial charge in [0.1, 0.15) is 0 Å². The molecule has 3 nitrogen and oxygen atoms in total. The minimum Gasteiger partial charge on any atom is -0.378 e. The molecule has 0 saturated carbocycles. The molecule has 0 radical (unpaired) electrons. The molecular formula is C13H24N2OS2. The summed E-state index contributed by atoms with van der Waals surface area (Å²) in [5.74, 6) is 5.19. The van der Waals surface area contributed by atoms with Crippen molar-refractivity contribution < 1.29 is 4.74 Å². The first-order valence-electron chi connectivity index (χ1n) is 7.17. The standard InChI is InChI=1S/C13H24N2OS2/c1-2-4-15(3-1)13-8-16-7-12(13)14-11-9-17-5-6-18-10-11/h11-14H,1-10H2/t12-,13-/m0/s1. The van der Waals surface area contributed by atoms with Crippen molar-refractivity contribution in [1.29, 1.82) is 0 Å². The van der Waals surface area contributed by atoms with Crippen LogP contribution in [0.3, 0.4) is 0 Å². The third kappa shape index (κ3) is 3.37. The van der Waals surface area contributed by atoms with E-state index in [1.807, 2.05) is 0 Å². The Hall–Kier alpha value is 0.580. The molecule has 0 aromatic carbocycles. The maximum Gasteiger partial charge on any atom is 0.0638 e. The molecule has 3 fully saturated rings. The van der Waals surface area contributed by atoms with Crippen molar-refractivity contribution in [3.8, 4) is 0 Å². The van der Waals surface area contributed by atoms with Crippen LogP contribution >= 0.6 is 23.5 Å². The molecule has 2 atom stereocenters. The zero-order chi connectivity index (χ0) is 12.2. The number of nitrogens with one attached hydrogen (secondary N) is 1. The van der Waals surface area contributed by atoms with E-state index in [1.165, 1.54) is 48.9 Å². The van der Waals surface area contributed by atoms with Gasteiger partial charge in [-0.25, -0.2) is 0 Å². The fourth-order valence-corrected chi connectivity index (χ4v) is 5.57. The van der Waals surface area contributed by atoms with Crippen LogP contribution in [0.4, 0.5) is 0 Å². The SMILES string of the molecule is C1CCN([C@H]2COC[C@@H]2NC2CSCCSC2)C1. The van der Waals surface area contributed by atoms with Crippen LogP contribution in [-0.4, -0.2) is 72.3 Å². The third-order valence-corrected chi connectivity index (χ3v) is 6.64. The largest absolute Gasteiger partial charge is 0.378 e. The Bertz CT molecular complexity index is 253. The Morgan fingerprint density at radius 3 is 2.44 bits per heavy atom. The average Bonchev–Trinajstić information content (AvgIpc) is 2.97. The highest BCUT2D eigenvalue weighted by molar-refractivity contribution is 8.03. The van der Waals surface area contributed by atoms with E-state index < -0.39 is 0 Å². The minimum absolute atomic E-state index is 0.562. The maximum absolute atomic E-state index is 5.74. The van der Waals surface area contributed by atoms with E-state index in [2.05, 4.69) is 33.7 Å². The van der Waals surface area contributed by atoms with Crippen molar-refractivity contribution in [2.24, 2.45) is 0 Å². The molecule has 104 valence electrons. The highest BCUT2D eigenvalue weighted by Crippen LogP contribution is 2.22. The number of hydrogen-bond acceptors (Lipinski definition) is 5. The molecule has 3 aliphatic rings. The Labute approximate surface area is 119 Å². The van der Waals surface area contributed by atoms with E-state index >= 15 is 0 Å². The smallest absolute Gasteiger partial charge is 0.0638 e. The van der Waals surface area contributed by atoms with Gasteiger partial charge in [0.25, 0.3) is 0 Å². The zero-order valence-electron chi connectivity index (χ0n) is 11.0. The molecule has 0 aromatic heterocycles. The van der Waals surface area contributed by atoms with Crippen molar-refractivity contribution in [2.45, 2.75) is 31.0 Å². The third-order valence-electron chi connectivity index (χ3n) is 4.12. The molecule has 0 bridgehead atoms. The second kappa shape index (κ2) is 6.84. The highest BCUT2D eigenvalue weighted by Gasteiger charge is 2.35. The minimum atomic E-state index is 0.562. The van der Waals surface area contributed by atoms with Gasteiger partial charge in [-0.2, -0.15) is 23.5 Å². The van der Waals surface area contributed by atoms with Gasteiger partial charge in [-0.3, -0.25) is 4.90 Å². The summed E-state index contributed by atoms with van der Waals surface area (Å²) in [5, 5.41) is 3.88. The average molecular weight is 288 g/mol. The first-order valence-corrected chi connectivity index (χ1v) is 9.48. The van der Waals surface area contributed by atoms with E-state index in [-0.39, 0.29) is 0 Å². The molecule has 0 aromatic rings. The highest BCUT2D eigenvalue weighted by atomic mass is 32.2. The number of rotatable bonds is 3. The fourth-order valence-electron chi connectivity index (χ4n) is 3.15. The van der Waals surface area contributed by atoms with Crippen molar-refractivity contribution >= 4 is 23.5 Å². The maximum atomic E-state index is 5.74. The van der Waals surface area contributed by atoms with Crippen LogP contribution < -0.4 is 5.32 Å². The molecule has 3 saturated heterocycles. The Morgan fingerprint density at radius 1 is 1.00 bits per heavy atom. The van der Waals surface area contributed by atoms with Gasteiger partial charge in [0.15, 0.2) is 0 Å². The molecule has 18 heavy (non-hydrogen) atoms. The number of thioether (sulfide) groups is 2. The van der Waals surface area contributed by atoms with Gasteiger partial charge in [0, 0.05) is 35.1 Å². The Balaban J connectivity index is 1.53. The monoisotopic (exact) mass is 288 g/mol. The molecule has 1 N–H and O–H groups in total.